The molecular weight excluding hydrogens is 276 g/mol. The smallest absolute Gasteiger partial charge is 0.275 e. The fourth-order valence-electron chi connectivity index (χ4n) is 3.82. The molecule has 2 aliphatic heterocycles. The molecule has 2 saturated heterocycles. The maximum Gasteiger partial charge on any atom is 0.275 e. The van der Waals surface area contributed by atoms with Crippen LogP contribution in [0.4, 0.5) is 0 Å². The number of amides is 1. The van der Waals surface area contributed by atoms with Crippen LogP contribution >= 0.6 is 0 Å². The maximum absolute atomic E-state index is 12.9. The molecule has 0 saturated carbocycles. The summed E-state index contributed by atoms with van der Waals surface area (Å²) in [7, 11) is 0. The number of carbonyl (C=O) groups excluding carboxylic acids is 1. The third-order valence-electron chi connectivity index (χ3n) is 4.98. The summed E-state index contributed by atoms with van der Waals surface area (Å²) >= 11 is 0. The molecule has 0 aliphatic carbocycles. The molecule has 4 rings (SSSR count). The summed E-state index contributed by atoms with van der Waals surface area (Å²) in [5.74, 6) is 0.0825. The first-order valence-electron chi connectivity index (χ1n) is 8.29. The van der Waals surface area contributed by atoms with E-state index >= 15 is 0 Å². The Kier molecular flexibility index (Phi) is 3.58. The molecule has 2 aliphatic rings. The summed E-state index contributed by atoms with van der Waals surface area (Å²) in [5, 5.41) is 8.18. The van der Waals surface area contributed by atoms with E-state index in [0.717, 1.165) is 36.8 Å². The monoisotopic (exact) mass is 298 g/mol. The highest BCUT2D eigenvalue weighted by Gasteiger charge is 2.32. The summed E-state index contributed by atoms with van der Waals surface area (Å²) in [5.41, 5.74) is 1.50. The number of hydrogen-bond acceptors (Lipinski definition) is 3. The van der Waals surface area contributed by atoms with E-state index in [9.17, 15) is 4.79 Å². The highest BCUT2D eigenvalue weighted by atomic mass is 16.2. The van der Waals surface area contributed by atoms with Crippen molar-refractivity contribution in [2.24, 2.45) is 0 Å². The number of likely N-dealkylation sites (tertiary alicyclic amines) is 2. The number of H-pyrrole nitrogens is 1. The summed E-state index contributed by atoms with van der Waals surface area (Å²) in [6.07, 6.45) is 4.81. The Bertz CT molecular complexity index is 674. The number of hydrogen-bond donors (Lipinski definition) is 1. The molecule has 5 heteroatoms. The van der Waals surface area contributed by atoms with Gasteiger partial charge in [-0.2, -0.15) is 5.10 Å². The van der Waals surface area contributed by atoms with E-state index in [1.807, 2.05) is 29.2 Å². The van der Waals surface area contributed by atoms with Crippen LogP contribution in [0.5, 0.6) is 0 Å². The van der Waals surface area contributed by atoms with Crippen molar-refractivity contribution in [2.45, 2.75) is 31.7 Å². The fourth-order valence-corrected chi connectivity index (χ4v) is 3.82. The lowest BCUT2D eigenvalue weighted by Gasteiger charge is -2.28. The lowest BCUT2D eigenvalue weighted by molar-refractivity contribution is 0.0704. The van der Waals surface area contributed by atoms with Gasteiger partial charge in [-0.15, -0.1) is 0 Å². The summed E-state index contributed by atoms with van der Waals surface area (Å²) in [6.45, 7) is 4.25. The van der Waals surface area contributed by atoms with E-state index < -0.39 is 0 Å². The van der Waals surface area contributed by atoms with Gasteiger partial charge in [0.15, 0.2) is 5.69 Å². The van der Waals surface area contributed by atoms with Crippen LogP contribution in [0.25, 0.3) is 10.9 Å². The predicted octanol–water partition coefficient (Wildman–Crippen LogP) is 2.26. The van der Waals surface area contributed by atoms with Crippen LogP contribution in [-0.4, -0.2) is 58.1 Å². The van der Waals surface area contributed by atoms with Gasteiger partial charge in [0.1, 0.15) is 0 Å². The molecule has 116 valence electrons. The molecule has 0 radical (unpaired) electrons. The van der Waals surface area contributed by atoms with Gasteiger partial charge in [-0.25, -0.2) is 0 Å². The molecule has 3 heterocycles. The van der Waals surface area contributed by atoms with E-state index in [4.69, 9.17) is 0 Å². The Morgan fingerprint density at radius 3 is 2.86 bits per heavy atom. The zero-order valence-electron chi connectivity index (χ0n) is 12.8. The van der Waals surface area contributed by atoms with Crippen LogP contribution in [0.2, 0.25) is 0 Å². The molecule has 1 atom stereocenters. The predicted molar refractivity (Wildman–Crippen MR) is 85.8 cm³/mol. The van der Waals surface area contributed by atoms with Gasteiger partial charge in [0.25, 0.3) is 5.91 Å². The Labute approximate surface area is 130 Å². The normalized spacial score (nSPS) is 22.7. The van der Waals surface area contributed by atoms with Gasteiger partial charge in [0, 0.05) is 24.5 Å². The third kappa shape index (κ3) is 2.39. The van der Waals surface area contributed by atoms with Gasteiger partial charge < -0.3 is 9.80 Å². The second-order valence-electron chi connectivity index (χ2n) is 6.42. The number of aromatic amines is 1. The summed E-state index contributed by atoms with van der Waals surface area (Å²) in [4.78, 5) is 17.5. The molecule has 0 spiro atoms. The van der Waals surface area contributed by atoms with Crippen molar-refractivity contribution in [3.63, 3.8) is 0 Å². The van der Waals surface area contributed by atoms with E-state index in [2.05, 4.69) is 15.1 Å². The molecular formula is C17H22N4O. The molecule has 1 aromatic carbocycles. The van der Waals surface area contributed by atoms with Crippen molar-refractivity contribution in [1.82, 2.24) is 20.0 Å². The second-order valence-corrected chi connectivity index (χ2v) is 6.42. The number of fused-ring (bicyclic) bond motifs is 1. The molecule has 2 aromatic rings. The minimum atomic E-state index is 0.0825. The van der Waals surface area contributed by atoms with E-state index in [1.165, 1.54) is 25.9 Å². The Hall–Kier alpha value is -1.88. The van der Waals surface area contributed by atoms with Crippen LogP contribution in [0.3, 0.4) is 0 Å². The average molecular weight is 298 g/mol. The first kappa shape index (κ1) is 13.8. The van der Waals surface area contributed by atoms with Crippen LogP contribution in [0.1, 0.15) is 36.2 Å². The minimum Gasteiger partial charge on any atom is -0.333 e. The zero-order valence-corrected chi connectivity index (χ0v) is 12.8. The first-order valence-corrected chi connectivity index (χ1v) is 8.29. The van der Waals surface area contributed by atoms with E-state index in [0.29, 0.717) is 11.7 Å². The van der Waals surface area contributed by atoms with Crippen LogP contribution < -0.4 is 0 Å². The minimum absolute atomic E-state index is 0.0825. The second kappa shape index (κ2) is 5.72. The standard InChI is InChI=1S/C17H22N4O/c22-17(16-14-7-1-2-8-15(14)18-19-16)21-11-5-6-13(21)12-20-9-3-4-10-20/h1-2,7-8,13H,3-6,9-12H2,(H,18,19). The van der Waals surface area contributed by atoms with Crippen molar-refractivity contribution < 1.29 is 4.79 Å². The molecule has 5 nitrogen and oxygen atoms in total. The molecule has 1 N–H and O–H groups in total. The molecule has 0 bridgehead atoms. The topological polar surface area (TPSA) is 52.2 Å². The SMILES string of the molecule is O=C(c1n[nH]c2ccccc12)N1CCCC1CN1CCCC1. The molecule has 22 heavy (non-hydrogen) atoms. The van der Waals surface area contributed by atoms with Crippen molar-refractivity contribution in [2.75, 3.05) is 26.2 Å². The van der Waals surface area contributed by atoms with Crippen molar-refractivity contribution in [1.29, 1.82) is 0 Å². The quantitative estimate of drug-likeness (QED) is 0.945. The summed E-state index contributed by atoms with van der Waals surface area (Å²) < 4.78 is 0. The number of para-hydroxylation sites is 1. The molecule has 1 aromatic heterocycles. The Morgan fingerprint density at radius 1 is 1.18 bits per heavy atom. The third-order valence-corrected chi connectivity index (χ3v) is 4.98. The lowest BCUT2D eigenvalue weighted by atomic mass is 10.1. The first-order chi connectivity index (χ1) is 10.8. The number of nitrogens with zero attached hydrogens (tertiary/aromatic N) is 3. The number of rotatable bonds is 3. The fraction of sp³-hybridized carbons (Fsp3) is 0.529. The van der Waals surface area contributed by atoms with E-state index in [1.54, 1.807) is 0 Å². The van der Waals surface area contributed by atoms with Crippen LogP contribution in [0, 0.1) is 0 Å². The van der Waals surface area contributed by atoms with Crippen molar-refractivity contribution in [3.8, 4) is 0 Å². The maximum atomic E-state index is 12.9. The van der Waals surface area contributed by atoms with Gasteiger partial charge >= 0.3 is 0 Å². The van der Waals surface area contributed by atoms with Crippen molar-refractivity contribution >= 4 is 16.8 Å². The van der Waals surface area contributed by atoms with Gasteiger partial charge in [0.05, 0.1) is 5.52 Å². The van der Waals surface area contributed by atoms with Gasteiger partial charge in [-0.05, 0) is 44.8 Å². The number of nitrogens with one attached hydrogen (secondary N) is 1. The number of benzene rings is 1. The molecule has 1 amide bonds. The summed E-state index contributed by atoms with van der Waals surface area (Å²) in [6, 6.07) is 8.20. The number of aromatic nitrogens is 2. The van der Waals surface area contributed by atoms with Gasteiger partial charge in [0.2, 0.25) is 0 Å². The van der Waals surface area contributed by atoms with E-state index in [-0.39, 0.29) is 5.91 Å². The van der Waals surface area contributed by atoms with Crippen LogP contribution in [-0.2, 0) is 0 Å². The lowest BCUT2D eigenvalue weighted by Crippen LogP contribution is -2.42. The zero-order chi connectivity index (χ0) is 14.9. The molecule has 1 unspecified atom stereocenters. The highest BCUT2D eigenvalue weighted by molar-refractivity contribution is 6.04. The number of carbonyl (C=O) groups is 1. The van der Waals surface area contributed by atoms with Gasteiger partial charge in [-0.1, -0.05) is 18.2 Å². The Morgan fingerprint density at radius 2 is 2.00 bits per heavy atom. The largest absolute Gasteiger partial charge is 0.333 e. The van der Waals surface area contributed by atoms with Crippen LogP contribution in [0.15, 0.2) is 24.3 Å². The van der Waals surface area contributed by atoms with Gasteiger partial charge in [-0.3, -0.25) is 9.89 Å². The van der Waals surface area contributed by atoms with Crippen molar-refractivity contribution in [3.05, 3.63) is 30.0 Å². The average Bonchev–Trinajstić information content (AvgIpc) is 3.27. The highest BCUT2D eigenvalue weighted by Crippen LogP contribution is 2.24. The Balaban J connectivity index is 1.55. The molecule has 2 fully saturated rings.